The zero-order valence-corrected chi connectivity index (χ0v) is 10.1. The van der Waals surface area contributed by atoms with Crippen LogP contribution in [0, 0.1) is 0 Å². The van der Waals surface area contributed by atoms with Crippen LogP contribution in [0.25, 0.3) is 0 Å². The van der Waals surface area contributed by atoms with Gasteiger partial charge < -0.3 is 15.8 Å². The van der Waals surface area contributed by atoms with E-state index in [4.69, 9.17) is 10.5 Å². The summed E-state index contributed by atoms with van der Waals surface area (Å²) in [6, 6.07) is 3.41. The molecule has 17 heavy (non-hydrogen) atoms. The van der Waals surface area contributed by atoms with Crippen molar-refractivity contribution in [2.45, 2.75) is 19.3 Å². The molecule has 0 unspecified atom stereocenters. The Morgan fingerprint density at radius 2 is 2.29 bits per heavy atom. The Hall–Kier alpha value is -1.62. The van der Waals surface area contributed by atoms with Gasteiger partial charge in [-0.15, -0.1) is 0 Å². The molecule has 0 radical (unpaired) electrons. The van der Waals surface area contributed by atoms with Gasteiger partial charge in [-0.25, -0.2) is 4.98 Å². The molecule has 0 aliphatic rings. The number of rotatable bonds is 7. The number of nitrogens with two attached hydrogens (primary N) is 1. The summed E-state index contributed by atoms with van der Waals surface area (Å²) >= 11 is 0. The number of nitrogens with zero attached hydrogens (tertiary/aromatic N) is 1. The minimum Gasteiger partial charge on any atom is -0.480 e. The van der Waals surface area contributed by atoms with Gasteiger partial charge in [0, 0.05) is 12.7 Å². The zero-order chi connectivity index (χ0) is 12.5. The number of aromatic nitrogens is 1. The molecule has 1 rings (SSSR count). The molecule has 0 saturated carbocycles. The first-order chi connectivity index (χ1) is 8.29. The highest BCUT2D eigenvalue weighted by Crippen LogP contribution is 2.12. The smallest absolute Gasteiger partial charge is 0.256 e. The molecular formula is C12H19N3O2. The molecule has 0 aliphatic carbocycles. The third kappa shape index (κ3) is 4.40. The molecule has 5 heteroatoms. The third-order valence-corrected chi connectivity index (χ3v) is 2.38. The number of ether oxygens (including phenoxy) is 1. The highest BCUT2D eigenvalue weighted by atomic mass is 16.5. The average Bonchev–Trinajstić information content (AvgIpc) is 2.38. The minimum atomic E-state index is -0.150. The Morgan fingerprint density at radius 1 is 1.47 bits per heavy atom. The maximum absolute atomic E-state index is 11.8. The van der Waals surface area contributed by atoms with Crippen LogP contribution in [-0.2, 0) is 0 Å². The number of methoxy groups -OCH3 is 1. The Bertz CT molecular complexity index is 355. The predicted octanol–water partition coefficient (Wildman–Crippen LogP) is 0.949. The zero-order valence-electron chi connectivity index (χ0n) is 10.1. The van der Waals surface area contributed by atoms with E-state index in [0.717, 1.165) is 19.3 Å². The van der Waals surface area contributed by atoms with Gasteiger partial charge in [0.2, 0.25) is 5.88 Å². The van der Waals surface area contributed by atoms with Crippen molar-refractivity contribution in [3.8, 4) is 5.88 Å². The summed E-state index contributed by atoms with van der Waals surface area (Å²) in [5.41, 5.74) is 5.85. The second-order valence-corrected chi connectivity index (χ2v) is 3.67. The van der Waals surface area contributed by atoms with Gasteiger partial charge in [-0.1, -0.05) is 6.42 Å². The first-order valence-electron chi connectivity index (χ1n) is 5.77. The molecule has 1 amide bonds. The van der Waals surface area contributed by atoms with Crippen LogP contribution < -0.4 is 15.8 Å². The number of amides is 1. The van der Waals surface area contributed by atoms with E-state index in [1.54, 1.807) is 18.3 Å². The van der Waals surface area contributed by atoms with Gasteiger partial charge >= 0.3 is 0 Å². The molecule has 0 fully saturated rings. The normalized spacial score (nSPS) is 10.0. The summed E-state index contributed by atoms with van der Waals surface area (Å²) in [6.45, 7) is 1.35. The van der Waals surface area contributed by atoms with Crippen LogP contribution in [0.15, 0.2) is 18.3 Å². The molecule has 0 aliphatic heterocycles. The van der Waals surface area contributed by atoms with E-state index in [-0.39, 0.29) is 5.91 Å². The van der Waals surface area contributed by atoms with Crippen LogP contribution in [0.4, 0.5) is 0 Å². The lowest BCUT2D eigenvalue weighted by molar-refractivity contribution is 0.0949. The Labute approximate surface area is 101 Å². The lowest BCUT2D eigenvalue weighted by Gasteiger charge is -2.07. The summed E-state index contributed by atoms with van der Waals surface area (Å²) in [5, 5.41) is 2.83. The third-order valence-electron chi connectivity index (χ3n) is 2.38. The molecule has 1 aromatic heterocycles. The van der Waals surface area contributed by atoms with Crippen molar-refractivity contribution in [1.29, 1.82) is 0 Å². The van der Waals surface area contributed by atoms with E-state index in [9.17, 15) is 4.79 Å². The molecular weight excluding hydrogens is 218 g/mol. The summed E-state index contributed by atoms with van der Waals surface area (Å²) < 4.78 is 5.02. The maximum atomic E-state index is 11.8. The van der Waals surface area contributed by atoms with Crippen molar-refractivity contribution in [1.82, 2.24) is 10.3 Å². The van der Waals surface area contributed by atoms with E-state index in [1.807, 2.05) is 0 Å². The van der Waals surface area contributed by atoms with E-state index in [0.29, 0.717) is 24.5 Å². The summed E-state index contributed by atoms with van der Waals surface area (Å²) in [6.07, 6.45) is 4.55. The topological polar surface area (TPSA) is 77.2 Å². The number of hydrogen-bond donors (Lipinski definition) is 2. The van der Waals surface area contributed by atoms with Crippen molar-refractivity contribution in [2.24, 2.45) is 5.73 Å². The second kappa shape index (κ2) is 7.62. The maximum Gasteiger partial charge on any atom is 0.256 e. The molecule has 3 N–H and O–H groups in total. The van der Waals surface area contributed by atoms with Crippen LogP contribution in [0.1, 0.15) is 29.6 Å². The quantitative estimate of drug-likeness (QED) is 0.692. The van der Waals surface area contributed by atoms with E-state index >= 15 is 0 Å². The molecule has 0 saturated heterocycles. The van der Waals surface area contributed by atoms with Crippen molar-refractivity contribution < 1.29 is 9.53 Å². The second-order valence-electron chi connectivity index (χ2n) is 3.67. The lowest BCUT2D eigenvalue weighted by Crippen LogP contribution is -2.25. The van der Waals surface area contributed by atoms with Gasteiger partial charge in [0.1, 0.15) is 5.56 Å². The highest BCUT2D eigenvalue weighted by molar-refractivity contribution is 5.96. The fourth-order valence-corrected chi connectivity index (χ4v) is 1.47. The summed E-state index contributed by atoms with van der Waals surface area (Å²) in [4.78, 5) is 15.8. The van der Waals surface area contributed by atoms with Gasteiger partial charge in [-0.2, -0.15) is 0 Å². The number of carbonyl (C=O) groups is 1. The molecule has 0 aromatic carbocycles. The monoisotopic (exact) mass is 237 g/mol. The van der Waals surface area contributed by atoms with Crippen LogP contribution in [0.3, 0.4) is 0 Å². The Balaban J connectivity index is 2.41. The SMILES string of the molecule is COc1ncccc1C(=O)NCCCCCN. The first-order valence-corrected chi connectivity index (χ1v) is 5.77. The number of carbonyl (C=O) groups excluding carboxylic acids is 1. The number of hydrogen-bond acceptors (Lipinski definition) is 4. The van der Waals surface area contributed by atoms with Crippen LogP contribution in [0.2, 0.25) is 0 Å². The number of pyridine rings is 1. The highest BCUT2D eigenvalue weighted by Gasteiger charge is 2.11. The largest absolute Gasteiger partial charge is 0.480 e. The lowest BCUT2D eigenvalue weighted by atomic mass is 10.2. The molecule has 0 spiro atoms. The fourth-order valence-electron chi connectivity index (χ4n) is 1.47. The van der Waals surface area contributed by atoms with Crippen molar-refractivity contribution in [3.05, 3.63) is 23.9 Å². The number of nitrogens with one attached hydrogen (secondary N) is 1. The molecule has 1 aromatic rings. The predicted molar refractivity (Wildman–Crippen MR) is 66.0 cm³/mol. The molecule has 0 atom stereocenters. The van der Waals surface area contributed by atoms with E-state index in [1.165, 1.54) is 7.11 Å². The Kier molecular flexibility index (Phi) is 6.03. The Morgan fingerprint density at radius 3 is 3.00 bits per heavy atom. The number of unbranched alkanes of at least 4 members (excludes halogenated alkanes) is 2. The van der Waals surface area contributed by atoms with Crippen LogP contribution in [0.5, 0.6) is 5.88 Å². The van der Waals surface area contributed by atoms with Gasteiger partial charge in [0.15, 0.2) is 0 Å². The van der Waals surface area contributed by atoms with E-state index in [2.05, 4.69) is 10.3 Å². The van der Waals surface area contributed by atoms with Gasteiger partial charge in [0.25, 0.3) is 5.91 Å². The fraction of sp³-hybridized carbons (Fsp3) is 0.500. The van der Waals surface area contributed by atoms with Crippen molar-refractivity contribution in [3.63, 3.8) is 0 Å². The molecule has 5 nitrogen and oxygen atoms in total. The minimum absolute atomic E-state index is 0.150. The molecule has 0 bridgehead atoms. The van der Waals surface area contributed by atoms with E-state index < -0.39 is 0 Å². The standard InChI is InChI=1S/C12H19N3O2/c1-17-12-10(6-5-9-15-12)11(16)14-8-4-2-3-7-13/h5-6,9H,2-4,7-8,13H2,1H3,(H,14,16). The van der Waals surface area contributed by atoms with Crippen LogP contribution >= 0.6 is 0 Å². The van der Waals surface area contributed by atoms with Gasteiger partial charge in [-0.05, 0) is 31.5 Å². The van der Waals surface area contributed by atoms with Gasteiger partial charge in [-0.3, -0.25) is 4.79 Å². The van der Waals surface area contributed by atoms with Crippen molar-refractivity contribution in [2.75, 3.05) is 20.2 Å². The first kappa shape index (κ1) is 13.4. The van der Waals surface area contributed by atoms with Crippen LogP contribution in [-0.4, -0.2) is 31.1 Å². The van der Waals surface area contributed by atoms with Gasteiger partial charge in [0.05, 0.1) is 7.11 Å². The van der Waals surface area contributed by atoms with Crippen molar-refractivity contribution >= 4 is 5.91 Å². The summed E-state index contributed by atoms with van der Waals surface area (Å²) in [7, 11) is 1.50. The average molecular weight is 237 g/mol. The summed E-state index contributed by atoms with van der Waals surface area (Å²) in [5.74, 6) is 0.203. The molecule has 1 heterocycles. The molecule has 94 valence electrons.